The summed E-state index contributed by atoms with van der Waals surface area (Å²) in [6.07, 6.45) is 2.94. The summed E-state index contributed by atoms with van der Waals surface area (Å²) in [6, 6.07) is 16.6. The highest BCUT2D eigenvalue weighted by Gasteiger charge is 2.30. The molecule has 0 aliphatic heterocycles. The van der Waals surface area contributed by atoms with Crippen LogP contribution in [0.25, 0.3) is 10.9 Å². The summed E-state index contributed by atoms with van der Waals surface area (Å²) >= 11 is 0. The minimum absolute atomic E-state index is 0.0131. The number of aldehydes is 1. The molecule has 1 unspecified atom stereocenters. The smallest absolute Gasteiger partial charge is 0.128 e. The van der Waals surface area contributed by atoms with Gasteiger partial charge in [-0.15, -0.1) is 0 Å². The van der Waals surface area contributed by atoms with Crippen LogP contribution in [0.15, 0.2) is 48.5 Å². The van der Waals surface area contributed by atoms with Crippen molar-refractivity contribution in [2.45, 2.75) is 25.3 Å². The first-order valence-electron chi connectivity index (χ1n) is 8.00. The Morgan fingerprint density at radius 1 is 1.17 bits per heavy atom. The molecule has 2 aromatic carbocycles. The molecule has 0 saturated carbocycles. The largest absolute Gasteiger partial charge is 0.496 e. The maximum atomic E-state index is 11.5. The van der Waals surface area contributed by atoms with Crippen LogP contribution in [0.2, 0.25) is 0 Å². The van der Waals surface area contributed by atoms with E-state index in [4.69, 9.17) is 4.74 Å². The van der Waals surface area contributed by atoms with Crippen molar-refractivity contribution in [3.8, 4) is 5.75 Å². The molecule has 1 aliphatic rings. The number of carbonyl (C=O) groups is 1. The fourth-order valence-electron chi connectivity index (χ4n) is 3.81. The zero-order valence-corrected chi connectivity index (χ0v) is 13.2. The molecule has 0 fully saturated rings. The highest BCUT2D eigenvalue weighted by atomic mass is 16.5. The average molecular weight is 305 g/mol. The van der Waals surface area contributed by atoms with E-state index in [9.17, 15) is 4.79 Å². The molecule has 1 heterocycles. The van der Waals surface area contributed by atoms with Gasteiger partial charge in [0.2, 0.25) is 0 Å². The van der Waals surface area contributed by atoms with E-state index in [0.717, 1.165) is 42.3 Å². The third-order valence-corrected chi connectivity index (χ3v) is 4.83. The molecule has 3 heteroatoms. The number of rotatable bonds is 4. The van der Waals surface area contributed by atoms with E-state index in [1.54, 1.807) is 7.11 Å². The lowest BCUT2D eigenvalue weighted by Crippen LogP contribution is -2.03. The van der Waals surface area contributed by atoms with Crippen LogP contribution in [0.5, 0.6) is 5.75 Å². The van der Waals surface area contributed by atoms with Gasteiger partial charge in [0.1, 0.15) is 12.0 Å². The van der Waals surface area contributed by atoms with E-state index in [2.05, 4.69) is 34.9 Å². The molecular formula is C20H19NO2. The third-order valence-electron chi connectivity index (χ3n) is 4.83. The first-order chi connectivity index (χ1) is 11.3. The minimum Gasteiger partial charge on any atom is -0.496 e. The number of aromatic nitrogens is 1. The number of benzene rings is 2. The quantitative estimate of drug-likeness (QED) is 0.684. The van der Waals surface area contributed by atoms with Gasteiger partial charge in [0, 0.05) is 23.5 Å². The molecule has 1 atom stereocenters. The molecule has 0 amide bonds. The number of nitrogens with zero attached hydrogens (tertiary/aromatic N) is 1. The van der Waals surface area contributed by atoms with Crippen molar-refractivity contribution in [1.82, 2.24) is 4.57 Å². The van der Waals surface area contributed by atoms with E-state index >= 15 is 0 Å². The first-order valence-corrected chi connectivity index (χ1v) is 8.00. The third kappa shape index (κ3) is 2.15. The second-order valence-electron chi connectivity index (χ2n) is 6.07. The fraction of sp³-hybridized carbons (Fsp3) is 0.250. The van der Waals surface area contributed by atoms with Crippen LogP contribution in [-0.2, 0) is 17.8 Å². The van der Waals surface area contributed by atoms with Crippen LogP contribution >= 0.6 is 0 Å². The van der Waals surface area contributed by atoms with Crippen molar-refractivity contribution in [2.24, 2.45) is 0 Å². The van der Waals surface area contributed by atoms with Crippen molar-refractivity contribution in [3.05, 3.63) is 65.4 Å². The summed E-state index contributed by atoms with van der Waals surface area (Å²) in [6.45, 7) is 0.825. The van der Waals surface area contributed by atoms with Gasteiger partial charge in [0.15, 0.2) is 0 Å². The van der Waals surface area contributed by atoms with Gasteiger partial charge in [-0.3, -0.25) is 0 Å². The first kappa shape index (κ1) is 14.1. The van der Waals surface area contributed by atoms with E-state index in [0.29, 0.717) is 0 Å². The Bertz CT molecular complexity index is 864. The topological polar surface area (TPSA) is 31.2 Å². The van der Waals surface area contributed by atoms with Crippen LogP contribution in [-0.4, -0.2) is 18.0 Å². The zero-order chi connectivity index (χ0) is 15.8. The van der Waals surface area contributed by atoms with Crippen LogP contribution in [0.1, 0.15) is 29.2 Å². The lowest BCUT2D eigenvalue weighted by molar-refractivity contribution is -0.109. The Balaban J connectivity index is 1.96. The second kappa shape index (κ2) is 5.58. The molecule has 4 rings (SSSR count). The predicted molar refractivity (Wildman–Crippen MR) is 91.2 cm³/mol. The fourth-order valence-corrected chi connectivity index (χ4v) is 3.81. The molecule has 0 saturated heterocycles. The Labute approximate surface area is 135 Å². The number of carbonyl (C=O) groups excluding carboxylic acids is 1. The molecule has 0 spiro atoms. The molecule has 0 bridgehead atoms. The van der Waals surface area contributed by atoms with Crippen LogP contribution in [0.3, 0.4) is 0 Å². The number of methoxy groups -OCH3 is 1. The van der Waals surface area contributed by atoms with E-state index in [1.807, 2.05) is 18.2 Å². The van der Waals surface area contributed by atoms with Crippen molar-refractivity contribution in [2.75, 3.05) is 7.11 Å². The molecule has 1 aromatic heterocycles. The lowest BCUT2D eigenvalue weighted by atomic mass is 10.0. The molecule has 0 radical (unpaired) electrons. The van der Waals surface area contributed by atoms with Gasteiger partial charge in [-0.2, -0.15) is 0 Å². The summed E-state index contributed by atoms with van der Waals surface area (Å²) in [5, 5.41) is 1.11. The summed E-state index contributed by atoms with van der Waals surface area (Å²) in [4.78, 5) is 11.5. The predicted octanol–water partition coefficient (Wildman–Crippen LogP) is 3.93. The normalized spacial score (nSPS) is 16.5. The van der Waals surface area contributed by atoms with Crippen molar-refractivity contribution in [3.63, 3.8) is 0 Å². The van der Waals surface area contributed by atoms with Gasteiger partial charge >= 0.3 is 0 Å². The van der Waals surface area contributed by atoms with Gasteiger partial charge in [-0.05, 0) is 36.1 Å². The highest BCUT2D eigenvalue weighted by Crippen LogP contribution is 2.43. The van der Waals surface area contributed by atoms with Gasteiger partial charge in [0.05, 0.1) is 12.6 Å². The standard InChI is InChI=1S/C20H19NO2/c1-23-18-9-5-8-16-20(18)19-15(13-22)10-11-17(19)21(16)12-14-6-3-2-4-7-14/h2-9,13,15H,10-12H2,1H3. The van der Waals surface area contributed by atoms with Crippen LogP contribution in [0, 0.1) is 0 Å². The molecule has 23 heavy (non-hydrogen) atoms. The van der Waals surface area contributed by atoms with Gasteiger partial charge in [-0.25, -0.2) is 0 Å². The minimum atomic E-state index is -0.0131. The van der Waals surface area contributed by atoms with E-state index < -0.39 is 0 Å². The van der Waals surface area contributed by atoms with E-state index in [-0.39, 0.29) is 5.92 Å². The molecule has 3 nitrogen and oxygen atoms in total. The number of fused-ring (bicyclic) bond motifs is 3. The van der Waals surface area contributed by atoms with E-state index in [1.165, 1.54) is 16.8 Å². The Morgan fingerprint density at radius 3 is 2.74 bits per heavy atom. The summed E-state index contributed by atoms with van der Waals surface area (Å²) in [5.74, 6) is 0.847. The van der Waals surface area contributed by atoms with Crippen LogP contribution in [0.4, 0.5) is 0 Å². The maximum Gasteiger partial charge on any atom is 0.128 e. The van der Waals surface area contributed by atoms with Crippen LogP contribution < -0.4 is 4.74 Å². The second-order valence-corrected chi connectivity index (χ2v) is 6.07. The molecule has 0 N–H and O–H groups in total. The van der Waals surface area contributed by atoms with Crippen molar-refractivity contribution in [1.29, 1.82) is 0 Å². The van der Waals surface area contributed by atoms with Crippen molar-refractivity contribution >= 4 is 17.2 Å². The van der Waals surface area contributed by atoms with Gasteiger partial charge < -0.3 is 14.1 Å². The average Bonchev–Trinajstić information content (AvgIpc) is 3.15. The summed E-state index contributed by atoms with van der Waals surface area (Å²) in [5.41, 5.74) is 4.88. The van der Waals surface area contributed by atoms with Crippen molar-refractivity contribution < 1.29 is 9.53 Å². The summed E-state index contributed by atoms with van der Waals surface area (Å²) in [7, 11) is 1.70. The molecule has 1 aliphatic carbocycles. The Kier molecular flexibility index (Phi) is 3.41. The number of hydrogen-bond acceptors (Lipinski definition) is 2. The maximum absolute atomic E-state index is 11.5. The number of hydrogen-bond donors (Lipinski definition) is 0. The lowest BCUT2D eigenvalue weighted by Gasteiger charge is -2.10. The molecular weight excluding hydrogens is 286 g/mol. The SMILES string of the molecule is COc1cccc2c1c1c(n2Cc2ccccc2)CCC1C=O. The molecule has 3 aromatic rings. The number of ether oxygens (including phenoxy) is 1. The Morgan fingerprint density at radius 2 is 2.00 bits per heavy atom. The monoisotopic (exact) mass is 305 g/mol. The van der Waals surface area contributed by atoms with Gasteiger partial charge in [-0.1, -0.05) is 36.4 Å². The van der Waals surface area contributed by atoms with Gasteiger partial charge in [0.25, 0.3) is 0 Å². The summed E-state index contributed by atoms with van der Waals surface area (Å²) < 4.78 is 7.93. The Hall–Kier alpha value is -2.55. The zero-order valence-electron chi connectivity index (χ0n) is 13.2. The molecule has 116 valence electrons. The highest BCUT2D eigenvalue weighted by molar-refractivity contribution is 5.94.